The number of nitrogens with one attached hydrogen (secondary N) is 5. The Kier molecular flexibility index (Phi) is 17.8. The van der Waals surface area contributed by atoms with Gasteiger partial charge in [0.25, 0.3) is 0 Å². The first-order chi connectivity index (χ1) is 21.9. The Morgan fingerprint density at radius 3 is 2.26 bits per heavy atom. The largest absolute Gasteiger partial charge is 0.494 e. The quantitative estimate of drug-likeness (QED) is 0.0687. The second-order valence-corrected chi connectivity index (χ2v) is 11.1. The molecule has 1 heterocycles. The molecule has 1 aliphatic rings. The van der Waals surface area contributed by atoms with Crippen LogP contribution in [0.1, 0.15) is 71.6 Å². The number of hydrogen-bond donors (Lipinski definition) is 7. The highest BCUT2D eigenvalue weighted by Crippen LogP contribution is 2.32. The maximum Gasteiger partial charge on any atom is 0.228 e. The lowest BCUT2D eigenvalue weighted by molar-refractivity contribution is -0.121. The molecule has 2 amide bonds. The highest BCUT2D eigenvalue weighted by atomic mass is 16.5. The number of nitrogens with two attached hydrogens (primary N) is 2. The molecule has 12 nitrogen and oxygen atoms in total. The Morgan fingerprint density at radius 1 is 1.13 bits per heavy atom. The van der Waals surface area contributed by atoms with Gasteiger partial charge >= 0.3 is 0 Å². The van der Waals surface area contributed by atoms with E-state index in [4.69, 9.17) is 36.6 Å². The van der Waals surface area contributed by atoms with E-state index in [0.29, 0.717) is 40.7 Å². The Labute approximate surface area is 273 Å². The summed E-state index contributed by atoms with van der Waals surface area (Å²) < 4.78 is 11.2. The third kappa shape index (κ3) is 14.3. The molecule has 2 aromatic rings. The second-order valence-electron chi connectivity index (χ2n) is 11.1. The van der Waals surface area contributed by atoms with Crippen molar-refractivity contribution in [3.8, 4) is 5.75 Å². The van der Waals surface area contributed by atoms with Gasteiger partial charge in [0.05, 0.1) is 24.1 Å². The van der Waals surface area contributed by atoms with Gasteiger partial charge in [-0.15, -0.1) is 0 Å². The van der Waals surface area contributed by atoms with Gasteiger partial charge in [-0.2, -0.15) is 0 Å². The molecule has 1 saturated carbocycles. The van der Waals surface area contributed by atoms with Crippen LogP contribution in [0, 0.1) is 28.6 Å². The highest BCUT2D eigenvalue weighted by molar-refractivity contribution is 6.03. The van der Waals surface area contributed by atoms with Crippen molar-refractivity contribution in [2.24, 2.45) is 29.2 Å². The van der Waals surface area contributed by atoms with E-state index in [1.165, 1.54) is 7.11 Å². The zero-order valence-corrected chi connectivity index (χ0v) is 28.2. The van der Waals surface area contributed by atoms with Crippen molar-refractivity contribution in [3.63, 3.8) is 0 Å². The minimum Gasteiger partial charge on any atom is -0.494 e. The molecule has 3 rings (SSSR count). The number of allylic oxidation sites excluding steroid dienone is 2. The maximum atomic E-state index is 12.0. The van der Waals surface area contributed by atoms with Crippen LogP contribution in [0.2, 0.25) is 0 Å². The number of methoxy groups -OCH3 is 1. The van der Waals surface area contributed by atoms with Crippen molar-refractivity contribution in [1.82, 2.24) is 15.6 Å². The highest BCUT2D eigenvalue weighted by Gasteiger charge is 2.29. The minimum atomic E-state index is -0.172. The number of carbonyl (C=O) groups excluding carboxylic acids is 2. The number of rotatable bonds is 13. The fraction of sp³-hybridized carbons (Fsp3) is 0.441. The van der Waals surface area contributed by atoms with Crippen molar-refractivity contribution >= 4 is 29.8 Å². The van der Waals surface area contributed by atoms with E-state index in [1.807, 2.05) is 31.3 Å². The smallest absolute Gasteiger partial charge is 0.228 e. The number of benzene rings is 1. The van der Waals surface area contributed by atoms with Crippen molar-refractivity contribution in [2.75, 3.05) is 19.5 Å². The molecule has 46 heavy (non-hydrogen) atoms. The monoisotopic (exact) mass is 636 g/mol. The van der Waals surface area contributed by atoms with E-state index in [2.05, 4.69) is 41.7 Å². The van der Waals surface area contributed by atoms with Gasteiger partial charge in [-0.25, -0.2) is 0 Å². The fourth-order valence-electron chi connectivity index (χ4n) is 4.09. The summed E-state index contributed by atoms with van der Waals surface area (Å²) in [6.45, 7) is 10.0. The Hall–Kier alpha value is -4.87. The molecule has 0 spiro atoms. The summed E-state index contributed by atoms with van der Waals surface area (Å²) in [6.07, 6.45) is 8.36. The van der Waals surface area contributed by atoms with Gasteiger partial charge in [-0.3, -0.25) is 25.4 Å². The fourth-order valence-corrected chi connectivity index (χ4v) is 4.09. The number of anilines is 1. The third-order valence-corrected chi connectivity index (χ3v) is 6.71. The van der Waals surface area contributed by atoms with Gasteiger partial charge < -0.3 is 36.9 Å². The van der Waals surface area contributed by atoms with Crippen LogP contribution in [0.3, 0.4) is 0 Å². The molecule has 1 unspecified atom stereocenters. The lowest BCUT2D eigenvalue weighted by Crippen LogP contribution is -2.29. The normalized spacial score (nSPS) is 13.3. The number of amides is 2. The molecule has 1 fully saturated rings. The van der Waals surface area contributed by atoms with Crippen LogP contribution in [-0.2, 0) is 20.7 Å². The number of hydrogen-bond acceptors (Lipinski definition) is 10. The number of pyridine rings is 1. The Bertz CT molecular complexity index is 1330. The van der Waals surface area contributed by atoms with Crippen LogP contribution in [0.25, 0.3) is 0 Å². The lowest BCUT2D eigenvalue weighted by atomic mass is 9.95. The van der Waals surface area contributed by atoms with Crippen LogP contribution in [0.4, 0.5) is 5.69 Å². The summed E-state index contributed by atoms with van der Waals surface area (Å²) in [7, 11) is 3.06. The van der Waals surface area contributed by atoms with Gasteiger partial charge in [-0.1, -0.05) is 39.8 Å². The Balaban J connectivity index is 0.000000736. The van der Waals surface area contributed by atoms with E-state index in [0.717, 1.165) is 37.8 Å². The Morgan fingerprint density at radius 2 is 1.80 bits per heavy atom. The molecule has 0 radical (unpaired) electrons. The summed E-state index contributed by atoms with van der Waals surface area (Å²) in [5, 5.41) is 24.9. The first-order valence-corrected chi connectivity index (χ1v) is 15.5. The molecule has 0 bridgehead atoms. The van der Waals surface area contributed by atoms with Gasteiger partial charge in [0, 0.05) is 42.5 Å². The molecule has 1 aromatic heterocycles. The average Bonchev–Trinajstić information content (AvgIpc) is 3.90. The molecule has 1 aromatic carbocycles. The van der Waals surface area contributed by atoms with Crippen molar-refractivity contribution in [3.05, 3.63) is 77.1 Å². The summed E-state index contributed by atoms with van der Waals surface area (Å²) in [5.41, 5.74) is 15.1. The number of carbonyl (C=O) groups is 2. The van der Waals surface area contributed by atoms with Crippen LogP contribution >= 0.6 is 0 Å². The van der Waals surface area contributed by atoms with Crippen LogP contribution in [-0.4, -0.2) is 43.3 Å². The van der Waals surface area contributed by atoms with Crippen molar-refractivity contribution in [1.29, 1.82) is 10.8 Å². The molecule has 1 atom stereocenters. The number of aromatic nitrogens is 1. The molecule has 12 heteroatoms. The number of ether oxygens (including phenoxy) is 2. The first kappa shape index (κ1) is 39.2. The van der Waals surface area contributed by atoms with Gasteiger partial charge in [0.2, 0.25) is 18.2 Å². The predicted octanol–water partition coefficient (Wildman–Crippen LogP) is 5.02. The topological polar surface area (TPSA) is 201 Å². The zero-order chi connectivity index (χ0) is 34.6. The van der Waals surface area contributed by atoms with Gasteiger partial charge in [0.1, 0.15) is 5.82 Å². The summed E-state index contributed by atoms with van der Waals surface area (Å²) in [5.74, 6) is 0.741. The molecule has 0 aliphatic heterocycles. The average molecular weight is 637 g/mol. The SMILES string of the molecule is CCC(CC(C)C)C(=N)OC(=N)c1cccc(NC(/C=C(\N)NC(=O)C2CC2)=C(\C)N)c1OC.CCc1ccccn1.CNC=O. The zero-order valence-electron chi connectivity index (χ0n) is 28.2. The van der Waals surface area contributed by atoms with Gasteiger partial charge in [-0.05, 0) is 69.2 Å². The minimum absolute atomic E-state index is 0.0284. The van der Waals surface area contributed by atoms with E-state index < -0.39 is 0 Å². The molecule has 252 valence electrons. The number of para-hydroxylation sites is 1. The maximum absolute atomic E-state index is 12.0. The van der Waals surface area contributed by atoms with Gasteiger partial charge in [0.15, 0.2) is 11.6 Å². The molecular formula is C34H52N8O4. The summed E-state index contributed by atoms with van der Waals surface area (Å²) >= 11 is 0. The molecule has 1 aliphatic carbocycles. The van der Waals surface area contributed by atoms with Crippen LogP contribution in [0.5, 0.6) is 5.75 Å². The lowest BCUT2D eigenvalue weighted by Gasteiger charge is -2.20. The third-order valence-electron chi connectivity index (χ3n) is 6.71. The summed E-state index contributed by atoms with van der Waals surface area (Å²) in [4.78, 5) is 25.1. The molecule has 9 N–H and O–H groups in total. The standard InChI is InChI=1S/C25H38N6O3.C7H9N.C2H5NO/c1-6-16(12-14(2)3)23(28)34-24(29)18-8-7-9-19(22(18)33-5)30-20(15(4)26)13-21(27)31-25(32)17-10-11-17;1-2-7-5-3-4-6-8-7;1-3-2-4/h7-9,13-14,16-17,28-30H,6,10-12,26-27H2,1-5H3,(H,31,32);3-6H,2H2,1H3;2H,1H3,(H,3,4)/b20-15+,21-13+,28-23?,29-24?;;. The van der Waals surface area contributed by atoms with E-state index in [9.17, 15) is 4.79 Å². The molecule has 0 saturated heterocycles. The van der Waals surface area contributed by atoms with E-state index in [1.54, 1.807) is 38.2 Å². The predicted molar refractivity (Wildman–Crippen MR) is 184 cm³/mol. The van der Waals surface area contributed by atoms with Crippen LogP contribution < -0.4 is 32.2 Å². The van der Waals surface area contributed by atoms with E-state index >= 15 is 0 Å². The number of aryl methyl sites for hydroxylation is 1. The second kappa shape index (κ2) is 21.0. The first-order valence-electron chi connectivity index (χ1n) is 15.5. The van der Waals surface area contributed by atoms with E-state index in [-0.39, 0.29) is 35.4 Å². The summed E-state index contributed by atoms with van der Waals surface area (Å²) in [6, 6.07) is 11.2. The molecular weight excluding hydrogens is 584 g/mol. The van der Waals surface area contributed by atoms with Crippen molar-refractivity contribution in [2.45, 2.75) is 66.7 Å². The number of nitrogens with zero attached hydrogens (tertiary/aromatic N) is 1. The van der Waals surface area contributed by atoms with Crippen LogP contribution in [0.15, 0.2) is 65.9 Å². The van der Waals surface area contributed by atoms with Crippen molar-refractivity contribution < 1.29 is 19.1 Å².